The predicted molar refractivity (Wildman–Crippen MR) is 116 cm³/mol. The van der Waals surface area contributed by atoms with Crippen LogP contribution >= 0.6 is 0 Å². The average Bonchev–Trinajstić information content (AvgIpc) is 2.78. The SMILES string of the molecule is Cc1ccc2c(c1)N(S(=O)(=O)c1ccccc1)C[C@H](C(=O)NCC1CCCCC1)O2. The van der Waals surface area contributed by atoms with Gasteiger partial charge in [0.1, 0.15) is 5.75 Å². The summed E-state index contributed by atoms with van der Waals surface area (Å²) in [5.41, 5.74) is 1.39. The quantitative estimate of drug-likeness (QED) is 0.789. The Bertz CT molecular complexity index is 1000. The molecule has 1 saturated carbocycles. The normalized spacial score (nSPS) is 19.6. The van der Waals surface area contributed by atoms with Gasteiger partial charge >= 0.3 is 0 Å². The van der Waals surface area contributed by atoms with Gasteiger partial charge in [-0.1, -0.05) is 43.5 Å². The minimum absolute atomic E-state index is 0.0514. The molecule has 2 aromatic rings. The van der Waals surface area contributed by atoms with Gasteiger partial charge in [0, 0.05) is 6.54 Å². The summed E-state index contributed by atoms with van der Waals surface area (Å²) in [5.74, 6) is 0.634. The first-order chi connectivity index (χ1) is 14.4. The molecule has 1 aliphatic heterocycles. The molecule has 7 heteroatoms. The first-order valence-electron chi connectivity index (χ1n) is 10.6. The Hall–Kier alpha value is -2.54. The molecular formula is C23H28N2O4S. The van der Waals surface area contributed by atoms with Crippen molar-refractivity contribution in [2.75, 3.05) is 17.4 Å². The van der Waals surface area contributed by atoms with Gasteiger partial charge in [-0.3, -0.25) is 9.10 Å². The lowest BCUT2D eigenvalue weighted by Gasteiger charge is -2.35. The van der Waals surface area contributed by atoms with Crippen molar-refractivity contribution in [3.05, 3.63) is 54.1 Å². The summed E-state index contributed by atoms with van der Waals surface area (Å²) in [6.07, 6.45) is 5.04. The first-order valence-corrected chi connectivity index (χ1v) is 12.0. The Morgan fingerprint density at radius 1 is 1.10 bits per heavy atom. The monoisotopic (exact) mass is 428 g/mol. The fraction of sp³-hybridized carbons (Fsp3) is 0.435. The van der Waals surface area contributed by atoms with E-state index in [9.17, 15) is 13.2 Å². The largest absolute Gasteiger partial charge is 0.476 e. The van der Waals surface area contributed by atoms with Crippen LogP contribution in [-0.4, -0.2) is 33.5 Å². The minimum atomic E-state index is -3.82. The van der Waals surface area contributed by atoms with Gasteiger partial charge in [-0.25, -0.2) is 8.42 Å². The Balaban J connectivity index is 1.58. The van der Waals surface area contributed by atoms with Crippen molar-refractivity contribution in [3.8, 4) is 5.75 Å². The fourth-order valence-corrected chi connectivity index (χ4v) is 5.68. The third-order valence-electron chi connectivity index (χ3n) is 5.90. The second-order valence-electron chi connectivity index (χ2n) is 8.18. The first kappa shape index (κ1) is 20.7. The Morgan fingerprint density at radius 2 is 1.83 bits per heavy atom. The van der Waals surface area contributed by atoms with Gasteiger partial charge in [-0.15, -0.1) is 0 Å². The maximum absolute atomic E-state index is 13.4. The molecule has 0 spiro atoms. The standard InChI is InChI=1S/C23H28N2O4S/c1-17-12-13-21-20(14-17)25(30(27,28)19-10-6-3-7-11-19)16-22(29-21)23(26)24-15-18-8-4-2-5-9-18/h3,6-7,10-14,18,22H,2,4-5,8-9,15-16H2,1H3,(H,24,26)/t22-/m1/s1. The van der Waals surface area contributed by atoms with Gasteiger partial charge < -0.3 is 10.1 Å². The molecule has 30 heavy (non-hydrogen) atoms. The second kappa shape index (κ2) is 8.68. The molecule has 1 atom stereocenters. The van der Waals surface area contributed by atoms with Gasteiger partial charge in [-0.2, -0.15) is 0 Å². The van der Waals surface area contributed by atoms with Crippen molar-refractivity contribution in [1.29, 1.82) is 0 Å². The number of carbonyl (C=O) groups is 1. The van der Waals surface area contributed by atoms with E-state index >= 15 is 0 Å². The molecular weight excluding hydrogens is 400 g/mol. The number of sulfonamides is 1. The molecule has 4 rings (SSSR count). The van der Waals surface area contributed by atoms with Crippen molar-refractivity contribution in [3.63, 3.8) is 0 Å². The fourth-order valence-electron chi connectivity index (χ4n) is 4.20. The highest BCUT2D eigenvalue weighted by Crippen LogP contribution is 2.37. The van der Waals surface area contributed by atoms with Crippen LogP contribution in [0.5, 0.6) is 5.75 Å². The van der Waals surface area contributed by atoms with E-state index in [0.717, 1.165) is 18.4 Å². The number of aryl methyl sites for hydroxylation is 1. The van der Waals surface area contributed by atoms with Crippen molar-refractivity contribution in [2.45, 2.75) is 50.0 Å². The van der Waals surface area contributed by atoms with Crippen molar-refractivity contribution < 1.29 is 17.9 Å². The van der Waals surface area contributed by atoms with Crippen LogP contribution in [0, 0.1) is 12.8 Å². The van der Waals surface area contributed by atoms with Crippen LogP contribution in [0.4, 0.5) is 5.69 Å². The molecule has 160 valence electrons. The number of ether oxygens (including phenoxy) is 1. The van der Waals surface area contributed by atoms with E-state index in [2.05, 4.69) is 5.32 Å². The van der Waals surface area contributed by atoms with Gasteiger partial charge in [0.15, 0.2) is 6.10 Å². The zero-order valence-electron chi connectivity index (χ0n) is 17.2. The van der Waals surface area contributed by atoms with E-state index in [1.54, 1.807) is 42.5 Å². The molecule has 2 aliphatic rings. The predicted octanol–water partition coefficient (Wildman–Crippen LogP) is 3.65. The van der Waals surface area contributed by atoms with Crippen LogP contribution in [0.1, 0.15) is 37.7 Å². The molecule has 0 radical (unpaired) electrons. The molecule has 1 aliphatic carbocycles. The van der Waals surface area contributed by atoms with Gasteiger partial charge in [0.25, 0.3) is 15.9 Å². The van der Waals surface area contributed by atoms with Crippen molar-refractivity contribution in [1.82, 2.24) is 5.32 Å². The van der Waals surface area contributed by atoms with Gasteiger partial charge in [0.05, 0.1) is 17.1 Å². The Morgan fingerprint density at radius 3 is 2.57 bits per heavy atom. The second-order valence-corrected chi connectivity index (χ2v) is 10.0. The Kier molecular flexibility index (Phi) is 5.99. The number of hydrogen-bond acceptors (Lipinski definition) is 4. The lowest BCUT2D eigenvalue weighted by Crippen LogP contribution is -2.51. The van der Waals surface area contributed by atoms with Crippen LogP contribution in [0.15, 0.2) is 53.4 Å². The lowest BCUT2D eigenvalue weighted by atomic mass is 9.89. The van der Waals surface area contributed by atoms with E-state index in [1.165, 1.54) is 23.6 Å². The van der Waals surface area contributed by atoms with Crippen molar-refractivity contribution >= 4 is 21.6 Å². The topological polar surface area (TPSA) is 75.7 Å². The van der Waals surface area contributed by atoms with Crippen LogP contribution < -0.4 is 14.4 Å². The summed E-state index contributed by atoms with van der Waals surface area (Å²) in [6.45, 7) is 2.46. The smallest absolute Gasteiger partial charge is 0.264 e. The number of amides is 1. The number of hydrogen-bond donors (Lipinski definition) is 1. The zero-order valence-corrected chi connectivity index (χ0v) is 18.0. The van der Waals surface area contributed by atoms with E-state index in [0.29, 0.717) is 23.9 Å². The number of benzene rings is 2. The number of nitrogens with zero attached hydrogens (tertiary/aromatic N) is 1. The molecule has 1 heterocycles. The number of fused-ring (bicyclic) bond motifs is 1. The van der Waals surface area contributed by atoms with Crippen LogP contribution in [0.3, 0.4) is 0 Å². The third-order valence-corrected chi connectivity index (χ3v) is 7.69. The number of anilines is 1. The highest BCUT2D eigenvalue weighted by Gasteiger charge is 2.37. The number of rotatable bonds is 5. The highest BCUT2D eigenvalue weighted by atomic mass is 32.2. The molecule has 0 unspecified atom stereocenters. The lowest BCUT2D eigenvalue weighted by molar-refractivity contribution is -0.128. The maximum atomic E-state index is 13.4. The van der Waals surface area contributed by atoms with E-state index in [1.807, 2.05) is 13.0 Å². The molecule has 0 bridgehead atoms. The number of carbonyl (C=O) groups excluding carboxylic acids is 1. The van der Waals surface area contributed by atoms with Crippen LogP contribution in [-0.2, 0) is 14.8 Å². The summed E-state index contributed by atoms with van der Waals surface area (Å²) in [7, 11) is -3.82. The highest BCUT2D eigenvalue weighted by molar-refractivity contribution is 7.92. The summed E-state index contributed by atoms with van der Waals surface area (Å²) < 4.78 is 34.0. The molecule has 6 nitrogen and oxygen atoms in total. The number of nitrogens with one attached hydrogen (secondary N) is 1. The maximum Gasteiger partial charge on any atom is 0.264 e. The molecule has 0 saturated heterocycles. The van der Waals surface area contributed by atoms with Gasteiger partial charge in [-0.05, 0) is 55.5 Å². The summed E-state index contributed by atoms with van der Waals surface area (Å²) >= 11 is 0. The zero-order chi connectivity index (χ0) is 21.1. The molecule has 1 fully saturated rings. The molecule has 1 amide bonds. The summed E-state index contributed by atoms with van der Waals surface area (Å²) in [6, 6.07) is 13.7. The minimum Gasteiger partial charge on any atom is -0.476 e. The van der Waals surface area contributed by atoms with Crippen LogP contribution in [0.2, 0.25) is 0 Å². The van der Waals surface area contributed by atoms with E-state index in [-0.39, 0.29) is 17.3 Å². The molecule has 1 N–H and O–H groups in total. The summed E-state index contributed by atoms with van der Waals surface area (Å²) in [4.78, 5) is 13.1. The van der Waals surface area contributed by atoms with Crippen LogP contribution in [0.25, 0.3) is 0 Å². The Labute approximate surface area is 178 Å². The molecule has 0 aromatic heterocycles. The van der Waals surface area contributed by atoms with Gasteiger partial charge in [0.2, 0.25) is 0 Å². The third kappa shape index (κ3) is 4.31. The van der Waals surface area contributed by atoms with E-state index in [4.69, 9.17) is 4.74 Å². The van der Waals surface area contributed by atoms with Crippen molar-refractivity contribution in [2.24, 2.45) is 5.92 Å². The van der Waals surface area contributed by atoms with E-state index < -0.39 is 16.1 Å². The molecule has 2 aromatic carbocycles. The summed E-state index contributed by atoms with van der Waals surface area (Å²) in [5, 5.41) is 2.99. The average molecular weight is 429 g/mol.